The van der Waals surface area contributed by atoms with Crippen LogP contribution in [0.15, 0.2) is 23.1 Å². The van der Waals surface area contributed by atoms with Crippen molar-refractivity contribution >= 4 is 33.3 Å². The van der Waals surface area contributed by atoms with Crippen molar-refractivity contribution in [3.63, 3.8) is 0 Å². The van der Waals surface area contributed by atoms with E-state index in [-0.39, 0.29) is 22.0 Å². The fraction of sp³-hybridized carbons (Fsp3) is 0.364. The fourth-order valence-corrected chi connectivity index (χ4v) is 3.62. The molecule has 8 nitrogen and oxygen atoms in total. The lowest BCUT2D eigenvalue weighted by Gasteiger charge is -2.23. The molecule has 0 aliphatic rings. The van der Waals surface area contributed by atoms with E-state index in [0.29, 0.717) is 4.31 Å². The van der Waals surface area contributed by atoms with E-state index in [9.17, 15) is 23.3 Å². The first-order chi connectivity index (χ1) is 9.62. The number of halogens is 1. The van der Waals surface area contributed by atoms with Gasteiger partial charge in [0.2, 0.25) is 10.0 Å². The van der Waals surface area contributed by atoms with Gasteiger partial charge >= 0.3 is 5.97 Å². The van der Waals surface area contributed by atoms with Gasteiger partial charge in [-0.15, -0.1) is 0 Å². The standard InChI is InChI=1S/C11H13ClN2O6S/c1-3-9(11(15)16)13(2)21(19,20)10-5-4-7(14(17)18)6-8(10)12/h4-6,9H,3H2,1-2H3,(H,15,16). The average Bonchev–Trinajstić information content (AvgIpc) is 2.38. The Balaban J connectivity index is 3.31. The number of aliphatic carboxylic acids is 1. The quantitative estimate of drug-likeness (QED) is 0.624. The highest BCUT2D eigenvalue weighted by molar-refractivity contribution is 7.89. The molecular formula is C11H13ClN2O6S. The predicted molar refractivity (Wildman–Crippen MR) is 74.8 cm³/mol. The van der Waals surface area contributed by atoms with Gasteiger partial charge in [0.05, 0.1) is 9.95 Å². The van der Waals surface area contributed by atoms with Crippen LogP contribution in [0.4, 0.5) is 5.69 Å². The minimum Gasteiger partial charge on any atom is -0.480 e. The monoisotopic (exact) mass is 336 g/mol. The second-order valence-corrected chi connectivity index (χ2v) is 6.53. The highest BCUT2D eigenvalue weighted by atomic mass is 35.5. The lowest BCUT2D eigenvalue weighted by atomic mass is 10.2. The molecule has 116 valence electrons. The lowest BCUT2D eigenvalue weighted by Crippen LogP contribution is -2.41. The van der Waals surface area contributed by atoms with Crippen molar-refractivity contribution in [2.75, 3.05) is 7.05 Å². The van der Waals surface area contributed by atoms with Crippen LogP contribution in [0, 0.1) is 10.1 Å². The summed E-state index contributed by atoms with van der Waals surface area (Å²) in [6.45, 7) is 1.53. The number of likely N-dealkylation sites (N-methyl/N-ethyl adjacent to an activating group) is 1. The number of sulfonamides is 1. The SMILES string of the molecule is CCC(C(=O)O)N(C)S(=O)(=O)c1ccc([N+](=O)[O-])cc1Cl. The molecule has 0 aromatic heterocycles. The summed E-state index contributed by atoms with van der Waals surface area (Å²) in [6.07, 6.45) is 0.0651. The second kappa shape index (κ2) is 6.37. The molecule has 0 fully saturated rings. The number of carboxylic acids is 1. The van der Waals surface area contributed by atoms with Crippen LogP contribution < -0.4 is 0 Å². The zero-order valence-electron chi connectivity index (χ0n) is 11.2. The molecule has 0 heterocycles. The zero-order chi connectivity index (χ0) is 16.4. The highest BCUT2D eigenvalue weighted by Gasteiger charge is 2.33. The number of carbonyl (C=O) groups is 1. The molecule has 0 amide bonds. The summed E-state index contributed by atoms with van der Waals surface area (Å²) in [7, 11) is -3.05. The van der Waals surface area contributed by atoms with E-state index in [2.05, 4.69) is 0 Å². The Morgan fingerprint density at radius 2 is 2.10 bits per heavy atom. The maximum absolute atomic E-state index is 12.3. The third-order valence-corrected chi connectivity index (χ3v) is 5.24. The summed E-state index contributed by atoms with van der Waals surface area (Å²) in [5, 5.41) is 19.3. The number of nitrogens with zero attached hydrogens (tertiary/aromatic N) is 2. The summed E-state index contributed by atoms with van der Waals surface area (Å²) >= 11 is 5.77. The van der Waals surface area contributed by atoms with E-state index >= 15 is 0 Å². The molecule has 1 N–H and O–H groups in total. The molecule has 0 bridgehead atoms. The minimum atomic E-state index is -4.17. The van der Waals surface area contributed by atoms with Gasteiger partial charge in [-0.05, 0) is 12.5 Å². The van der Waals surface area contributed by atoms with Gasteiger partial charge in [0.25, 0.3) is 5.69 Å². The van der Waals surface area contributed by atoms with E-state index in [1.807, 2.05) is 0 Å². The maximum Gasteiger partial charge on any atom is 0.321 e. The van der Waals surface area contributed by atoms with Crippen LogP contribution in [0.2, 0.25) is 5.02 Å². The van der Waals surface area contributed by atoms with Crippen LogP contribution in [-0.4, -0.2) is 41.8 Å². The summed E-state index contributed by atoms with van der Waals surface area (Å²) in [4.78, 5) is 20.6. The maximum atomic E-state index is 12.3. The van der Waals surface area contributed by atoms with Crippen LogP contribution in [-0.2, 0) is 14.8 Å². The van der Waals surface area contributed by atoms with Crippen molar-refractivity contribution in [1.29, 1.82) is 0 Å². The van der Waals surface area contributed by atoms with E-state index < -0.39 is 27.0 Å². The van der Waals surface area contributed by atoms with Gasteiger partial charge in [0.1, 0.15) is 10.9 Å². The molecule has 0 saturated heterocycles. The Bertz CT molecular complexity index is 675. The molecule has 0 spiro atoms. The first-order valence-corrected chi connectivity index (χ1v) is 7.59. The second-order valence-electron chi connectivity index (χ2n) is 4.16. The molecule has 1 aromatic carbocycles. The average molecular weight is 337 g/mol. The molecule has 0 aliphatic carbocycles. The normalized spacial score (nSPS) is 13.1. The van der Waals surface area contributed by atoms with Crippen molar-refractivity contribution in [2.45, 2.75) is 24.3 Å². The van der Waals surface area contributed by atoms with E-state index in [1.165, 1.54) is 6.92 Å². The Hall–Kier alpha value is -1.71. The van der Waals surface area contributed by atoms with Crippen molar-refractivity contribution in [1.82, 2.24) is 4.31 Å². The number of nitro groups is 1. The van der Waals surface area contributed by atoms with Gasteiger partial charge < -0.3 is 5.11 Å². The molecular weight excluding hydrogens is 324 g/mol. The van der Waals surface area contributed by atoms with E-state index in [1.54, 1.807) is 0 Å². The Morgan fingerprint density at radius 1 is 1.52 bits per heavy atom. The topological polar surface area (TPSA) is 118 Å². The number of hydrogen-bond donors (Lipinski definition) is 1. The van der Waals surface area contributed by atoms with Crippen LogP contribution in [0.1, 0.15) is 13.3 Å². The number of benzene rings is 1. The lowest BCUT2D eigenvalue weighted by molar-refractivity contribution is -0.384. The Kier molecular flexibility index (Phi) is 5.26. The molecule has 1 atom stereocenters. The van der Waals surface area contributed by atoms with Gasteiger partial charge in [0, 0.05) is 19.2 Å². The van der Waals surface area contributed by atoms with Gasteiger partial charge in [-0.2, -0.15) is 4.31 Å². The predicted octanol–water partition coefficient (Wildman–Crippen LogP) is 1.73. The smallest absolute Gasteiger partial charge is 0.321 e. The number of non-ortho nitro benzene ring substituents is 1. The summed E-state index contributed by atoms with van der Waals surface area (Å²) in [5.41, 5.74) is -0.355. The minimum absolute atomic E-state index is 0.0651. The number of hydrogen-bond acceptors (Lipinski definition) is 5. The van der Waals surface area contributed by atoms with E-state index in [4.69, 9.17) is 16.7 Å². The third kappa shape index (κ3) is 3.49. The highest BCUT2D eigenvalue weighted by Crippen LogP contribution is 2.29. The number of carboxylic acid groups (broad SMARTS) is 1. The summed E-state index contributed by atoms with van der Waals surface area (Å²) in [6, 6.07) is 1.64. The zero-order valence-corrected chi connectivity index (χ0v) is 12.8. The van der Waals surface area contributed by atoms with Crippen LogP contribution in [0.3, 0.4) is 0 Å². The van der Waals surface area contributed by atoms with Gasteiger partial charge in [-0.1, -0.05) is 18.5 Å². The van der Waals surface area contributed by atoms with Crippen molar-refractivity contribution in [3.05, 3.63) is 33.3 Å². The fourth-order valence-electron chi connectivity index (χ4n) is 1.72. The van der Waals surface area contributed by atoms with E-state index in [0.717, 1.165) is 25.2 Å². The molecule has 21 heavy (non-hydrogen) atoms. The molecule has 1 rings (SSSR count). The summed E-state index contributed by atoms with van der Waals surface area (Å²) in [5.74, 6) is -1.29. The van der Waals surface area contributed by atoms with Gasteiger partial charge in [-0.3, -0.25) is 14.9 Å². The van der Waals surface area contributed by atoms with Gasteiger partial charge in [0.15, 0.2) is 0 Å². The third-order valence-electron chi connectivity index (χ3n) is 2.89. The van der Waals surface area contributed by atoms with Crippen LogP contribution in [0.25, 0.3) is 0 Å². The molecule has 0 saturated carbocycles. The Morgan fingerprint density at radius 3 is 2.48 bits per heavy atom. The van der Waals surface area contributed by atoms with Crippen molar-refractivity contribution in [3.8, 4) is 0 Å². The number of rotatable bonds is 6. The van der Waals surface area contributed by atoms with Crippen molar-refractivity contribution in [2.24, 2.45) is 0 Å². The number of nitro benzene ring substituents is 1. The molecule has 1 aromatic rings. The summed E-state index contributed by atoms with van der Waals surface area (Å²) < 4.78 is 25.4. The molecule has 0 aliphatic heterocycles. The first kappa shape index (κ1) is 17.3. The van der Waals surface area contributed by atoms with Gasteiger partial charge in [-0.25, -0.2) is 8.42 Å². The largest absolute Gasteiger partial charge is 0.480 e. The molecule has 0 radical (unpaired) electrons. The molecule has 1 unspecified atom stereocenters. The Labute approximate surface area is 126 Å². The molecule has 10 heteroatoms. The van der Waals surface area contributed by atoms with Crippen LogP contribution >= 0.6 is 11.6 Å². The first-order valence-electron chi connectivity index (χ1n) is 5.77. The van der Waals surface area contributed by atoms with Crippen molar-refractivity contribution < 1.29 is 23.2 Å². The van der Waals surface area contributed by atoms with Crippen LogP contribution in [0.5, 0.6) is 0 Å².